The number of amides is 3. The molecule has 0 aliphatic rings. The number of hydrogen-bond acceptors (Lipinski definition) is 6. The van der Waals surface area contributed by atoms with Crippen LogP contribution in [0.1, 0.15) is 37.9 Å². The van der Waals surface area contributed by atoms with Gasteiger partial charge in [0.05, 0.1) is 7.11 Å². The summed E-state index contributed by atoms with van der Waals surface area (Å²) in [6.07, 6.45) is 10.4. The number of thiol groups is 1. The first-order valence-corrected chi connectivity index (χ1v) is 11.6. The summed E-state index contributed by atoms with van der Waals surface area (Å²) in [6, 6.07) is 13.1. The molecule has 0 radical (unpaired) electrons. The number of benzene rings is 2. The van der Waals surface area contributed by atoms with Crippen molar-refractivity contribution in [2.24, 2.45) is 0 Å². The Hall–Kier alpha value is -4.08. The zero-order valence-corrected chi connectivity index (χ0v) is 21.5. The minimum atomic E-state index is -1.24. The normalized spacial score (nSPS) is 12.2. The lowest BCUT2D eigenvalue weighted by molar-refractivity contribution is -0.136. The van der Waals surface area contributed by atoms with Gasteiger partial charge < -0.3 is 20.1 Å². The van der Waals surface area contributed by atoms with E-state index in [0.29, 0.717) is 22.6 Å². The fraction of sp³-hybridized carbons (Fsp3) is 0.296. The van der Waals surface area contributed by atoms with Gasteiger partial charge in [0.1, 0.15) is 23.4 Å². The van der Waals surface area contributed by atoms with E-state index in [9.17, 15) is 14.4 Å². The number of methoxy groups -OCH3 is 1. The molecule has 0 heterocycles. The average Bonchev–Trinajstić information content (AvgIpc) is 2.84. The third-order valence-corrected chi connectivity index (χ3v) is 5.17. The maximum atomic E-state index is 13.4. The zero-order valence-electron chi connectivity index (χ0n) is 20.6. The molecular formula is C27H29N3O5S. The second-order valence-corrected chi connectivity index (χ2v) is 8.97. The second kappa shape index (κ2) is 12.6. The van der Waals surface area contributed by atoms with Crippen LogP contribution in [-0.2, 0) is 14.3 Å². The first-order valence-electron chi connectivity index (χ1n) is 10.9. The Morgan fingerprint density at radius 2 is 1.67 bits per heavy atom. The quantitative estimate of drug-likeness (QED) is 0.288. The minimum Gasteiger partial charge on any atom is -0.497 e. The molecule has 0 aliphatic carbocycles. The van der Waals surface area contributed by atoms with Crippen LogP contribution in [0.3, 0.4) is 0 Å². The van der Waals surface area contributed by atoms with E-state index in [1.54, 1.807) is 69.3 Å². The van der Waals surface area contributed by atoms with Gasteiger partial charge in [0.2, 0.25) is 0 Å². The molecule has 2 rings (SSSR count). The molecule has 0 aliphatic heterocycles. The number of hydrogen-bond donors (Lipinski definition) is 3. The summed E-state index contributed by atoms with van der Waals surface area (Å²) in [5.41, 5.74) is 0.695. The lowest BCUT2D eigenvalue weighted by Crippen LogP contribution is -2.51. The molecule has 3 amide bonds. The number of rotatable bonds is 8. The van der Waals surface area contributed by atoms with Crippen LogP contribution in [0.15, 0.2) is 48.5 Å². The van der Waals surface area contributed by atoms with Gasteiger partial charge in [0, 0.05) is 23.0 Å². The van der Waals surface area contributed by atoms with Crippen LogP contribution in [0.4, 0.5) is 10.5 Å². The Balaban J connectivity index is 2.40. The van der Waals surface area contributed by atoms with Crippen molar-refractivity contribution in [3.8, 4) is 30.6 Å². The van der Waals surface area contributed by atoms with Gasteiger partial charge in [0.15, 0.2) is 0 Å². The van der Waals surface area contributed by atoms with Crippen LogP contribution in [0.2, 0.25) is 0 Å². The van der Waals surface area contributed by atoms with Gasteiger partial charge in [-0.1, -0.05) is 24.5 Å². The highest BCUT2D eigenvalue weighted by molar-refractivity contribution is 7.80. The molecule has 2 aromatic carbocycles. The molecular weight excluding hydrogens is 478 g/mol. The van der Waals surface area contributed by atoms with Crippen LogP contribution in [0, 0.1) is 24.8 Å². The number of alkyl carbamates (subject to hydrolysis) is 1. The second-order valence-electron chi connectivity index (χ2n) is 8.61. The monoisotopic (exact) mass is 507 g/mol. The molecule has 0 spiro atoms. The summed E-state index contributed by atoms with van der Waals surface area (Å²) in [6.45, 7) is 5.08. The SMILES string of the molecule is C#Cc1ccc(C(C(=O)Nc2ccc(OC)cc2)N(C#C)C(=O)C(CS)NC(=O)OC(C)(C)C)cc1. The smallest absolute Gasteiger partial charge is 0.408 e. The standard InChI is InChI=1S/C27H29N3O5S/c1-7-18-9-11-19(12-10-18)23(24(31)28-20-13-15-21(34-6)16-14-20)30(8-2)25(32)22(17-36)29-26(33)35-27(3,4)5/h1-2,9-16,22-23,36H,17H2,3-6H3,(H,28,31)(H,29,33). The summed E-state index contributed by atoms with van der Waals surface area (Å²) < 4.78 is 10.4. The highest BCUT2D eigenvalue weighted by Gasteiger charge is 2.35. The number of anilines is 1. The average molecular weight is 508 g/mol. The van der Waals surface area contributed by atoms with Crippen molar-refractivity contribution in [1.29, 1.82) is 0 Å². The molecule has 188 valence electrons. The van der Waals surface area contributed by atoms with Gasteiger partial charge in [-0.25, -0.2) is 4.79 Å². The van der Waals surface area contributed by atoms with Crippen LogP contribution in [0.25, 0.3) is 0 Å². The summed E-state index contributed by atoms with van der Waals surface area (Å²) in [5.74, 6) is 1.74. The van der Waals surface area contributed by atoms with E-state index in [2.05, 4.69) is 35.2 Å². The van der Waals surface area contributed by atoms with E-state index >= 15 is 0 Å². The van der Waals surface area contributed by atoms with Crippen LogP contribution < -0.4 is 15.4 Å². The molecule has 0 saturated carbocycles. The summed E-state index contributed by atoms with van der Waals surface area (Å²) in [4.78, 5) is 40.1. The fourth-order valence-electron chi connectivity index (χ4n) is 3.13. The van der Waals surface area contributed by atoms with Gasteiger partial charge in [-0.3, -0.25) is 14.5 Å². The number of carbonyl (C=O) groups is 3. The number of ether oxygens (including phenoxy) is 2. The Morgan fingerprint density at radius 3 is 2.14 bits per heavy atom. The first kappa shape index (κ1) is 28.2. The number of nitrogens with one attached hydrogen (secondary N) is 2. The molecule has 36 heavy (non-hydrogen) atoms. The van der Waals surface area contributed by atoms with Crippen molar-refractivity contribution >= 4 is 36.2 Å². The molecule has 0 bridgehead atoms. The molecule has 8 nitrogen and oxygen atoms in total. The predicted octanol–water partition coefficient (Wildman–Crippen LogP) is 3.60. The lowest BCUT2D eigenvalue weighted by atomic mass is 10.0. The highest BCUT2D eigenvalue weighted by atomic mass is 32.1. The molecule has 2 unspecified atom stereocenters. The highest BCUT2D eigenvalue weighted by Crippen LogP contribution is 2.25. The van der Waals surface area contributed by atoms with Gasteiger partial charge in [0.25, 0.3) is 11.8 Å². The minimum absolute atomic E-state index is 0.0842. The fourth-order valence-corrected chi connectivity index (χ4v) is 3.38. The predicted molar refractivity (Wildman–Crippen MR) is 141 cm³/mol. The van der Waals surface area contributed by atoms with Crippen LogP contribution in [-0.4, -0.2) is 47.3 Å². The van der Waals surface area contributed by atoms with Crippen molar-refractivity contribution in [2.45, 2.75) is 38.5 Å². The van der Waals surface area contributed by atoms with E-state index in [1.807, 2.05) is 0 Å². The van der Waals surface area contributed by atoms with Gasteiger partial charge >= 0.3 is 6.09 Å². The van der Waals surface area contributed by atoms with Crippen molar-refractivity contribution in [3.05, 3.63) is 59.7 Å². The topological polar surface area (TPSA) is 97.0 Å². The van der Waals surface area contributed by atoms with Gasteiger partial charge in [-0.15, -0.1) is 6.42 Å². The third kappa shape index (κ3) is 7.72. The summed E-state index contributed by atoms with van der Waals surface area (Å²) in [7, 11) is 1.53. The summed E-state index contributed by atoms with van der Waals surface area (Å²) >= 11 is 4.19. The van der Waals surface area contributed by atoms with E-state index in [0.717, 1.165) is 4.90 Å². The molecule has 0 aromatic heterocycles. The molecule has 2 N–H and O–H groups in total. The maximum Gasteiger partial charge on any atom is 0.408 e. The molecule has 0 saturated heterocycles. The maximum absolute atomic E-state index is 13.4. The van der Waals surface area contributed by atoms with Crippen molar-refractivity contribution < 1.29 is 23.9 Å². The summed E-state index contributed by atoms with van der Waals surface area (Å²) in [5, 5.41) is 5.23. The Labute approximate surface area is 217 Å². The molecule has 2 aromatic rings. The zero-order chi connectivity index (χ0) is 26.9. The van der Waals surface area contributed by atoms with Crippen molar-refractivity contribution in [2.75, 3.05) is 18.2 Å². The third-order valence-electron chi connectivity index (χ3n) is 4.81. The Morgan fingerprint density at radius 1 is 1.06 bits per heavy atom. The van der Waals surface area contributed by atoms with E-state index in [-0.39, 0.29) is 5.75 Å². The first-order chi connectivity index (χ1) is 17.0. The Bertz CT molecular complexity index is 1160. The van der Waals surface area contributed by atoms with Crippen molar-refractivity contribution in [3.63, 3.8) is 0 Å². The van der Waals surface area contributed by atoms with E-state index < -0.39 is 35.6 Å². The molecule has 0 fully saturated rings. The van der Waals surface area contributed by atoms with Crippen LogP contribution >= 0.6 is 12.6 Å². The molecule has 9 heteroatoms. The Kier molecular flexibility index (Phi) is 9.83. The van der Waals surface area contributed by atoms with E-state index in [4.69, 9.17) is 22.3 Å². The van der Waals surface area contributed by atoms with Crippen LogP contribution in [0.5, 0.6) is 5.75 Å². The number of terminal acetylenes is 2. The van der Waals surface area contributed by atoms with Crippen molar-refractivity contribution in [1.82, 2.24) is 10.2 Å². The molecule has 2 atom stereocenters. The number of nitrogens with zero attached hydrogens (tertiary/aromatic N) is 1. The van der Waals surface area contributed by atoms with E-state index in [1.165, 1.54) is 7.11 Å². The van der Waals surface area contributed by atoms with Gasteiger partial charge in [-0.2, -0.15) is 12.6 Å². The number of carbonyl (C=O) groups excluding carboxylic acids is 3. The van der Waals surface area contributed by atoms with Gasteiger partial charge in [-0.05, 0) is 62.7 Å². The largest absolute Gasteiger partial charge is 0.497 e. The lowest BCUT2D eigenvalue weighted by Gasteiger charge is -2.30.